The Morgan fingerprint density at radius 2 is 1.68 bits per heavy atom. The normalized spacial score (nSPS) is 14.4. The van der Waals surface area contributed by atoms with Gasteiger partial charge < -0.3 is 19.7 Å². The summed E-state index contributed by atoms with van der Waals surface area (Å²) in [6.45, 7) is 1.49. The highest BCUT2D eigenvalue weighted by atomic mass is 16.5. The molecule has 0 bridgehead atoms. The third kappa shape index (κ3) is 4.63. The second kappa shape index (κ2) is 9.26. The SMILES string of the molecule is COc1ccc(C(=O)NC(Cc2ccccc2)C(=O)N2CCCC2)cc1OC. The van der Waals surface area contributed by atoms with E-state index in [4.69, 9.17) is 9.47 Å². The molecule has 148 valence electrons. The zero-order valence-corrected chi connectivity index (χ0v) is 16.3. The Labute approximate surface area is 165 Å². The lowest BCUT2D eigenvalue weighted by atomic mass is 10.0. The average Bonchev–Trinajstić information content (AvgIpc) is 3.27. The molecule has 6 nitrogen and oxygen atoms in total. The number of carbonyl (C=O) groups excluding carboxylic acids is 2. The quantitative estimate of drug-likeness (QED) is 0.799. The van der Waals surface area contributed by atoms with Gasteiger partial charge >= 0.3 is 0 Å². The second-order valence-electron chi connectivity index (χ2n) is 6.82. The summed E-state index contributed by atoms with van der Waals surface area (Å²) in [4.78, 5) is 27.7. The van der Waals surface area contributed by atoms with Gasteiger partial charge in [-0.25, -0.2) is 0 Å². The Bertz CT molecular complexity index is 817. The molecule has 0 spiro atoms. The van der Waals surface area contributed by atoms with Crippen LogP contribution in [0.15, 0.2) is 48.5 Å². The van der Waals surface area contributed by atoms with Gasteiger partial charge in [-0.3, -0.25) is 9.59 Å². The molecule has 1 aliphatic heterocycles. The molecular weight excluding hydrogens is 356 g/mol. The summed E-state index contributed by atoms with van der Waals surface area (Å²) in [7, 11) is 3.07. The number of methoxy groups -OCH3 is 2. The van der Waals surface area contributed by atoms with Gasteiger partial charge in [-0.05, 0) is 36.6 Å². The van der Waals surface area contributed by atoms with Crippen molar-refractivity contribution in [1.29, 1.82) is 0 Å². The molecule has 2 aromatic carbocycles. The van der Waals surface area contributed by atoms with Crippen LogP contribution in [0.1, 0.15) is 28.8 Å². The standard InChI is InChI=1S/C22H26N2O4/c1-27-19-11-10-17(15-20(19)28-2)21(25)23-18(14-16-8-4-3-5-9-16)22(26)24-12-6-7-13-24/h3-5,8-11,15,18H,6-7,12-14H2,1-2H3,(H,23,25). The first kappa shape index (κ1) is 19.7. The first-order valence-corrected chi connectivity index (χ1v) is 9.48. The van der Waals surface area contributed by atoms with Crippen molar-refractivity contribution in [3.05, 3.63) is 59.7 Å². The number of hydrogen-bond donors (Lipinski definition) is 1. The number of benzene rings is 2. The van der Waals surface area contributed by atoms with Gasteiger partial charge in [0.25, 0.3) is 5.91 Å². The molecule has 1 N–H and O–H groups in total. The maximum Gasteiger partial charge on any atom is 0.252 e. The van der Waals surface area contributed by atoms with E-state index in [1.54, 1.807) is 25.3 Å². The molecule has 2 aromatic rings. The molecule has 0 aliphatic carbocycles. The molecule has 0 radical (unpaired) electrons. The van der Waals surface area contributed by atoms with Crippen LogP contribution in [0, 0.1) is 0 Å². The lowest BCUT2D eigenvalue weighted by molar-refractivity contribution is -0.132. The van der Waals surface area contributed by atoms with Crippen LogP contribution in [0.3, 0.4) is 0 Å². The van der Waals surface area contributed by atoms with Crippen molar-refractivity contribution >= 4 is 11.8 Å². The minimum atomic E-state index is -0.610. The van der Waals surface area contributed by atoms with Crippen LogP contribution in [0.5, 0.6) is 11.5 Å². The van der Waals surface area contributed by atoms with Gasteiger partial charge in [0.15, 0.2) is 11.5 Å². The Morgan fingerprint density at radius 3 is 2.32 bits per heavy atom. The van der Waals surface area contributed by atoms with E-state index in [0.717, 1.165) is 31.5 Å². The molecule has 2 amide bonds. The van der Waals surface area contributed by atoms with Gasteiger partial charge in [0, 0.05) is 25.1 Å². The third-order valence-electron chi connectivity index (χ3n) is 4.95. The number of ether oxygens (including phenoxy) is 2. The van der Waals surface area contributed by atoms with E-state index in [2.05, 4.69) is 5.32 Å². The number of nitrogens with zero attached hydrogens (tertiary/aromatic N) is 1. The van der Waals surface area contributed by atoms with Crippen LogP contribution < -0.4 is 14.8 Å². The Balaban J connectivity index is 1.79. The second-order valence-corrected chi connectivity index (χ2v) is 6.82. The fourth-order valence-corrected chi connectivity index (χ4v) is 3.43. The minimum Gasteiger partial charge on any atom is -0.493 e. The van der Waals surface area contributed by atoms with Crippen molar-refractivity contribution in [2.24, 2.45) is 0 Å². The number of likely N-dealkylation sites (tertiary alicyclic amines) is 1. The molecule has 1 aliphatic rings. The van der Waals surface area contributed by atoms with Crippen molar-refractivity contribution in [2.75, 3.05) is 27.3 Å². The van der Waals surface area contributed by atoms with Gasteiger partial charge in [0.1, 0.15) is 6.04 Å². The summed E-state index contributed by atoms with van der Waals surface area (Å²) in [6.07, 6.45) is 2.47. The molecule has 6 heteroatoms. The molecule has 1 atom stereocenters. The highest BCUT2D eigenvalue weighted by Crippen LogP contribution is 2.27. The monoisotopic (exact) mass is 382 g/mol. The molecule has 3 rings (SSSR count). The molecule has 1 fully saturated rings. The van der Waals surface area contributed by atoms with E-state index in [0.29, 0.717) is 23.5 Å². The van der Waals surface area contributed by atoms with Crippen molar-refractivity contribution in [1.82, 2.24) is 10.2 Å². The molecule has 1 heterocycles. The molecule has 28 heavy (non-hydrogen) atoms. The van der Waals surface area contributed by atoms with Crippen molar-refractivity contribution in [3.63, 3.8) is 0 Å². The number of rotatable bonds is 7. The van der Waals surface area contributed by atoms with E-state index in [1.807, 2.05) is 35.2 Å². The van der Waals surface area contributed by atoms with Crippen LogP contribution in [-0.2, 0) is 11.2 Å². The van der Waals surface area contributed by atoms with E-state index >= 15 is 0 Å². The van der Waals surface area contributed by atoms with Gasteiger partial charge in [-0.1, -0.05) is 30.3 Å². The van der Waals surface area contributed by atoms with Crippen LogP contribution in [0.2, 0.25) is 0 Å². The van der Waals surface area contributed by atoms with Gasteiger partial charge in [0.05, 0.1) is 14.2 Å². The first-order valence-electron chi connectivity index (χ1n) is 9.48. The zero-order valence-electron chi connectivity index (χ0n) is 16.3. The predicted molar refractivity (Wildman–Crippen MR) is 107 cm³/mol. The van der Waals surface area contributed by atoms with Crippen molar-refractivity contribution in [3.8, 4) is 11.5 Å². The Kier molecular flexibility index (Phi) is 6.53. The van der Waals surface area contributed by atoms with E-state index in [9.17, 15) is 9.59 Å². The van der Waals surface area contributed by atoms with Gasteiger partial charge in [0.2, 0.25) is 5.91 Å². The fourth-order valence-electron chi connectivity index (χ4n) is 3.43. The number of carbonyl (C=O) groups is 2. The maximum absolute atomic E-state index is 13.0. The predicted octanol–water partition coefficient (Wildman–Crippen LogP) is 2.67. The highest BCUT2D eigenvalue weighted by Gasteiger charge is 2.28. The molecule has 1 saturated heterocycles. The third-order valence-corrected chi connectivity index (χ3v) is 4.95. The zero-order chi connectivity index (χ0) is 19.9. The molecule has 0 saturated carbocycles. The minimum absolute atomic E-state index is 0.0322. The molecule has 1 unspecified atom stereocenters. The summed E-state index contributed by atoms with van der Waals surface area (Å²) in [5.74, 6) is 0.679. The van der Waals surface area contributed by atoms with Crippen molar-refractivity contribution in [2.45, 2.75) is 25.3 Å². The Morgan fingerprint density at radius 1 is 1.00 bits per heavy atom. The lowest BCUT2D eigenvalue weighted by Gasteiger charge is -2.24. The number of hydrogen-bond acceptors (Lipinski definition) is 4. The highest BCUT2D eigenvalue weighted by molar-refractivity contribution is 5.98. The summed E-state index contributed by atoms with van der Waals surface area (Å²) in [5, 5.41) is 2.92. The van der Waals surface area contributed by atoms with Crippen LogP contribution in [0.4, 0.5) is 0 Å². The van der Waals surface area contributed by atoms with E-state index in [-0.39, 0.29) is 11.8 Å². The number of nitrogens with one attached hydrogen (secondary N) is 1. The van der Waals surface area contributed by atoms with Crippen LogP contribution >= 0.6 is 0 Å². The van der Waals surface area contributed by atoms with E-state index in [1.165, 1.54) is 7.11 Å². The largest absolute Gasteiger partial charge is 0.493 e. The molecule has 0 aromatic heterocycles. The Hall–Kier alpha value is -3.02. The topological polar surface area (TPSA) is 67.9 Å². The smallest absolute Gasteiger partial charge is 0.252 e. The fraction of sp³-hybridized carbons (Fsp3) is 0.364. The maximum atomic E-state index is 13.0. The summed E-state index contributed by atoms with van der Waals surface area (Å²) in [6, 6.07) is 14.1. The lowest BCUT2D eigenvalue weighted by Crippen LogP contribution is -2.49. The summed E-state index contributed by atoms with van der Waals surface area (Å²) < 4.78 is 10.5. The number of amides is 2. The van der Waals surface area contributed by atoms with Crippen LogP contribution in [-0.4, -0.2) is 50.1 Å². The average molecular weight is 382 g/mol. The summed E-state index contributed by atoms with van der Waals surface area (Å²) in [5.41, 5.74) is 1.43. The first-order chi connectivity index (χ1) is 13.6. The van der Waals surface area contributed by atoms with Gasteiger partial charge in [-0.2, -0.15) is 0 Å². The van der Waals surface area contributed by atoms with Crippen molar-refractivity contribution < 1.29 is 19.1 Å². The van der Waals surface area contributed by atoms with Gasteiger partial charge in [-0.15, -0.1) is 0 Å². The van der Waals surface area contributed by atoms with Crippen LogP contribution in [0.25, 0.3) is 0 Å². The molecular formula is C22H26N2O4. The van der Waals surface area contributed by atoms with E-state index < -0.39 is 6.04 Å². The summed E-state index contributed by atoms with van der Waals surface area (Å²) >= 11 is 0.